The van der Waals surface area contributed by atoms with Crippen LogP contribution in [0.25, 0.3) is 0 Å². The summed E-state index contributed by atoms with van der Waals surface area (Å²) in [5.74, 6) is 0.0129. The summed E-state index contributed by atoms with van der Waals surface area (Å²) in [6, 6.07) is 7.47. The SMILES string of the molecule is CCOC(=O)C(C(=O)c1ccccc1)n1nc(C)nc1C. The Kier molecular flexibility index (Phi) is 4.47. The van der Waals surface area contributed by atoms with E-state index in [4.69, 9.17) is 4.74 Å². The Hall–Kier alpha value is -2.50. The normalized spacial score (nSPS) is 12.0. The van der Waals surface area contributed by atoms with Crippen LogP contribution in [0.15, 0.2) is 30.3 Å². The Morgan fingerprint density at radius 1 is 1.24 bits per heavy atom. The summed E-state index contributed by atoms with van der Waals surface area (Å²) in [6.07, 6.45) is 0. The molecule has 21 heavy (non-hydrogen) atoms. The number of hydrogen-bond acceptors (Lipinski definition) is 5. The van der Waals surface area contributed by atoms with Crippen molar-refractivity contribution in [3.63, 3.8) is 0 Å². The number of ether oxygens (including phenoxy) is 1. The second-order valence-corrected chi connectivity index (χ2v) is 4.54. The first-order valence-corrected chi connectivity index (χ1v) is 6.70. The van der Waals surface area contributed by atoms with Gasteiger partial charge in [-0.2, -0.15) is 5.10 Å². The lowest BCUT2D eigenvalue weighted by atomic mass is 10.0. The first kappa shape index (κ1) is 14.9. The fourth-order valence-electron chi connectivity index (χ4n) is 2.08. The van der Waals surface area contributed by atoms with E-state index in [2.05, 4.69) is 10.1 Å². The lowest BCUT2D eigenvalue weighted by Gasteiger charge is -2.15. The van der Waals surface area contributed by atoms with Gasteiger partial charge in [-0.05, 0) is 20.8 Å². The van der Waals surface area contributed by atoms with E-state index < -0.39 is 12.0 Å². The summed E-state index contributed by atoms with van der Waals surface area (Å²) in [4.78, 5) is 29.0. The molecule has 0 bridgehead atoms. The summed E-state index contributed by atoms with van der Waals surface area (Å²) in [7, 11) is 0. The molecule has 0 aliphatic carbocycles. The van der Waals surface area contributed by atoms with Crippen LogP contribution in [0.1, 0.15) is 35.0 Å². The topological polar surface area (TPSA) is 74.1 Å². The van der Waals surface area contributed by atoms with E-state index in [1.807, 2.05) is 0 Å². The zero-order valence-electron chi connectivity index (χ0n) is 12.2. The Bertz CT molecular complexity index is 649. The highest BCUT2D eigenvalue weighted by atomic mass is 16.5. The molecule has 0 aliphatic rings. The molecule has 0 aliphatic heterocycles. The smallest absolute Gasteiger partial charge is 0.339 e. The number of Topliss-reactive ketones (excluding diaryl/α,β-unsaturated/α-hetero) is 1. The van der Waals surface area contributed by atoms with Crippen molar-refractivity contribution in [2.45, 2.75) is 26.8 Å². The van der Waals surface area contributed by atoms with Crippen molar-refractivity contribution < 1.29 is 14.3 Å². The Labute approximate surface area is 122 Å². The minimum absolute atomic E-state index is 0.199. The van der Waals surface area contributed by atoms with Gasteiger partial charge in [0.1, 0.15) is 11.6 Å². The van der Waals surface area contributed by atoms with E-state index in [0.29, 0.717) is 17.2 Å². The fraction of sp³-hybridized carbons (Fsp3) is 0.333. The number of benzene rings is 1. The molecule has 1 atom stereocenters. The van der Waals surface area contributed by atoms with Crippen molar-refractivity contribution in [1.82, 2.24) is 14.8 Å². The van der Waals surface area contributed by atoms with Crippen LogP contribution in [-0.2, 0) is 9.53 Å². The van der Waals surface area contributed by atoms with Gasteiger partial charge >= 0.3 is 5.97 Å². The van der Waals surface area contributed by atoms with Crippen molar-refractivity contribution >= 4 is 11.8 Å². The molecule has 0 amide bonds. The molecule has 0 saturated heterocycles. The average molecular weight is 287 g/mol. The van der Waals surface area contributed by atoms with Crippen LogP contribution in [0.3, 0.4) is 0 Å². The van der Waals surface area contributed by atoms with E-state index in [-0.39, 0.29) is 12.4 Å². The van der Waals surface area contributed by atoms with E-state index >= 15 is 0 Å². The lowest BCUT2D eigenvalue weighted by Crippen LogP contribution is -2.31. The van der Waals surface area contributed by atoms with Gasteiger partial charge in [0.2, 0.25) is 6.04 Å². The minimum Gasteiger partial charge on any atom is -0.464 e. The van der Waals surface area contributed by atoms with Crippen molar-refractivity contribution in [3.05, 3.63) is 47.5 Å². The van der Waals surface area contributed by atoms with Gasteiger partial charge in [-0.25, -0.2) is 14.5 Å². The molecule has 2 rings (SSSR count). The standard InChI is InChI=1S/C15H17N3O3/c1-4-21-15(20)13(18-11(3)16-10(2)17-18)14(19)12-8-6-5-7-9-12/h5-9,13H,4H2,1-3H3. The molecule has 0 fully saturated rings. The molecule has 0 radical (unpaired) electrons. The summed E-state index contributed by atoms with van der Waals surface area (Å²) in [5, 5.41) is 4.14. The Morgan fingerprint density at radius 2 is 1.90 bits per heavy atom. The predicted octanol–water partition coefficient (Wildman–Crippen LogP) is 1.88. The van der Waals surface area contributed by atoms with Crippen molar-refractivity contribution in [3.8, 4) is 0 Å². The molecule has 1 heterocycles. The van der Waals surface area contributed by atoms with E-state index in [9.17, 15) is 9.59 Å². The molecule has 1 aromatic carbocycles. The second-order valence-electron chi connectivity index (χ2n) is 4.54. The van der Waals surface area contributed by atoms with Gasteiger partial charge in [0.25, 0.3) is 0 Å². The molecule has 0 spiro atoms. The van der Waals surface area contributed by atoms with E-state index in [1.54, 1.807) is 51.1 Å². The number of aromatic nitrogens is 3. The largest absolute Gasteiger partial charge is 0.464 e. The molecule has 2 aromatic rings. The zero-order valence-corrected chi connectivity index (χ0v) is 12.2. The Balaban J connectivity index is 2.44. The summed E-state index contributed by atoms with van der Waals surface area (Å²) >= 11 is 0. The number of ketones is 1. The quantitative estimate of drug-likeness (QED) is 0.477. The fourth-order valence-corrected chi connectivity index (χ4v) is 2.08. The van der Waals surface area contributed by atoms with Crippen LogP contribution in [0.5, 0.6) is 0 Å². The first-order valence-electron chi connectivity index (χ1n) is 6.70. The number of carbonyl (C=O) groups is 2. The number of nitrogens with zero attached hydrogens (tertiary/aromatic N) is 3. The van der Waals surface area contributed by atoms with Crippen LogP contribution >= 0.6 is 0 Å². The van der Waals surface area contributed by atoms with Gasteiger partial charge in [0, 0.05) is 5.56 Å². The Morgan fingerprint density at radius 3 is 2.43 bits per heavy atom. The average Bonchev–Trinajstić information content (AvgIpc) is 2.79. The molecule has 110 valence electrons. The summed E-state index contributed by atoms with van der Waals surface area (Å²) in [6.45, 7) is 5.30. The number of esters is 1. The highest BCUT2D eigenvalue weighted by Gasteiger charge is 2.33. The molecular weight excluding hydrogens is 270 g/mol. The van der Waals surface area contributed by atoms with Crippen LogP contribution in [0.2, 0.25) is 0 Å². The van der Waals surface area contributed by atoms with Gasteiger partial charge in [-0.15, -0.1) is 0 Å². The molecule has 6 nitrogen and oxygen atoms in total. The monoisotopic (exact) mass is 287 g/mol. The minimum atomic E-state index is -1.14. The van der Waals surface area contributed by atoms with Crippen LogP contribution in [0.4, 0.5) is 0 Å². The maximum Gasteiger partial charge on any atom is 0.339 e. The number of carbonyl (C=O) groups excluding carboxylic acids is 2. The van der Waals surface area contributed by atoms with Crippen LogP contribution in [-0.4, -0.2) is 33.1 Å². The summed E-state index contributed by atoms with van der Waals surface area (Å²) in [5.41, 5.74) is 0.433. The van der Waals surface area contributed by atoms with E-state index in [1.165, 1.54) is 4.68 Å². The lowest BCUT2D eigenvalue weighted by molar-refractivity contribution is -0.145. The van der Waals surface area contributed by atoms with Crippen molar-refractivity contribution in [1.29, 1.82) is 0 Å². The zero-order chi connectivity index (χ0) is 15.4. The predicted molar refractivity (Wildman–Crippen MR) is 75.9 cm³/mol. The third-order valence-electron chi connectivity index (χ3n) is 2.97. The number of rotatable bonds is 5. The van der Waals surface area contributed by atoms with Crippen molar-refractivity contribution in [2.24, 2.45) is 0 Å². The van der Waals surface area contributed by atoms with Crippen molar-refractivity contribution in [2.75, 3.05) is 6.61 Å². The summed E-state index contributed by atoms with van der Waals surface area (Å²) < 4.78 is 6.34. The van der Waals surface area contributed by atoms with E-state index in [0.717, 1.165) is 0 Å². The van der Waals surface area contributed by atoms with Gasteiger partial charge in [0.15, 0.2) is 5.78 Å². The third-order valence-corrected chi connectivity index (χ3v) is 2.97. The van der Waals surface area contributed by atoms with Gasteiger partial charge < -0.3 is 4.74 Å². The molecule has 1 unspecified atom stereocenters. The maximum absolute atomic E-state index is 12.6. The first-order chi connectivity index (χ1) is 10.0. The maximum atomic E-state index is 12.6. The third kappa shape index (κ3) is 3.16. The van der Waals surface area contributed by atoms with Crippen LogP contribution < -0.4 is 0 Å². The highest BCUT2D eigenvalue weighted by Crippen LogP contribution is 2.17. The number of aryl methyl sites for hydroxylation is 2. The van der Waals surface area contributed by atoms with Crippen LogP contribution in [0, 0.1) is 13.8 Å². The molecule has 0 N–H and O–H groups in total. The molecule has 0 saturated carbocycles. The van der Waals surface area contributed by atoms with Gasteiger partial charge in [-0.1, -0.05) is 30.3 Å². The highest BCUT2D eigenvalue weighted by molar-refractivity contribution is 6.10. The molecular formula is C15H17N3O3. The molecule has 6 heteroatoms. The molecule has 1 aromatic heterocycles. The second kappa shape index (κ2) is 6.30. The van der Waals surface area contributed by atoms with Gasteiger partial charge in [-0.3, -0.25) is 4.79 Å². The van der Waals surface area contributed by atoms with Gasteiger partial charge in [0.05, 0.1) is 6.61 Å². The number of hydrogen-bond donors (Lipinski definition) is 0.